The molecule has 3 aromatic rings. The van der Waals surface area contributed by atoms with Crippen LogP contribution >= 0.6 is 11.3 Å². The van der Waals surface area contributed by atoms with Crippen LogP contribution < -0.4 is 10.1 Å². The topological polar surface area (TPSA) is 71.5 Å². The minimum Gasteiger partial charge on any atom is -0.457 e. The summed E-state index contributed by atoms with van der Waals surface area (Å²) in [5, 5.41) is 3.59. The number of carbonyl (C=O) groups excluding carboxylic acids is 2. The predicted molar refractivity (Wildman–Crippen MR) is 117 cm³/mol. The molecule has 1 saturated carbocycles. The molecule has 31 heavy (non-hydrogen) atoms. The Balaban J connectivity index is 1.28. The standard InChI is InChI=1S/C24H21N3O3S/c28-22(14-9-10-14)26-24-25-17-11-12-27(13-20(17)31-24)23(29)21-15-5-1-3-7-18(15)30-19-8-4-2-6-16(19)21/h1-8,14,21H,9-13H2,(H,25,26,28). The lowest BCUT2D eigenvalue weighted by molar-refractivity contribution is -0.132. The number of hydrogen-bond acceptors (Lipinski definition) is 5. The fraction of sp³-hybridized carbons (Fsp3) is 0.292. The summed E-state index contributed by atoms with van der Waals surface area (Å²) in [6.45, 7) is 1.14. The molecule has 0 unspecified atom stereocenters. The van der Waals surface area contributed by atoms with Crippen LogP contribution in [0.5, 0.6) is 11.5 Å². The van der Waals surface area contributed by atoms with Gasteiger partial charge < -0.3 is 15.0 Å². The van der Waals surface area contributed by atoms with Gasteiger partial charge in [-0.15, -0.1) is 0 Å². The van der Waals surface area contributed by atoms with E-state index in [1.807, 2.05) is 53.4 Å². The van der Waals surface area contributed by atoms with E-state index in [2.05, 4.69) is 10.3 Å². The Labute approximate surface area is 183 Å². The second-order valence-electron chi connectivity index (χ2n) is 8.27. The van der Waals surface area contributed by atoms with E-state index in [4.69, 9.17) is 4.74 Å². The van der Waals surface area contributed by atoms with Gasteiger partial charge in [0.15, 0.2) is 5.13 Å². The third kappa shape index (κ3) is 3.29. The molecule has 0 spiro atoms. The van der Waals surface area contributed by atoms with Crippen LogP contribution in [0.4, 0.5) is 5.13 Å². The zero-order chi connectivity index (χ0) is 20.9. The van der Waals surface area contributed by atoms with Gasteiger partial charge in [0.2, 0.25) is 11.8 Å². The first-order valence-electron chi connectivity index (χ1n) is 10.6. The summed E-state index contributed by atoms with van der Waals surface area (Å²) in [4.78, 5) is 33.4. The summed E-state index contributed by atoms with van der Waals surface area (Å²) in [7, 11) is 0. The normalized spacial score (nSPS) is 17.2. The van der Waals surface area contributed by atoms with E-state index < -0.39 is 0 Å². The van der Waals surface area contributed by atoms with Gasteiger partial charge >= 0.3 is 0 Å². The van der Waals surface area contributed by atoms with Gasteiger partial charge in [-0.05, 0) is 25.0 Å². The van der Waals surface area contributed by atoms with E-state index in [0.717, 1.165) is 46.0 Å². The number of aromatic nitrogens is 1. The number of thiazole rings is 1. The second-order valence-corrected chi connectivity index (χ2v) is 9.36. The summed E-state index contributed by atoms with van der Waals surface area (Å²) < 4.78 is 6.05. The Kier molecular flexibility index (Phi) is 4.31. The number of anilines is 1. The zero-order valence-electron chi connectivity index (χ0n) is 16.8. The van der Waals surface area contributed by atoms with Crippen LogP contribution in [0.15, 0.2) is 48.5 Å². The summed E-state index contributed by atoms with van der Waals surface area (Å²) in [5.41, 5.74) is 2.80. The maximum absolute atomic E-state index is 13.8. The summed E-state index contributed by atoms with van der Waals surface area (Å²) in [5.74, 6) is 1.37. The number of nitrogens with one attached hydrogen (secondary N) is 1. The fourth-order valence-corrected chi connectivity index (χ4v) is 5.38. The molecular weight excluding hydrogens is 410 g/mol. The molecule has 0 saturated heterocycles. The molecule has 7 heteroatoms. The Morgan fingerprint density at radius 1 is 1.03 bits per heavy atom. The number of hydrogen-bond donors (Lipinski definition) is 1. The number of ether oxygens (including phenoxy) is 1. The largest absolute Gasteiger partial charge is 0.457 e. The fourth-order valence-electron chi connectivity index (χ4n) is 4.35. The van der Waals surface area contributed by atoms with Crippen molar-refractivity contribution in [3.05, 3.63) is 70.2 Å². The lowest BCUT2D eigenvalue weighted by Crippen LogP contribution is -2.39. The van der Waals surface area contributed by atoms with Crippen molar-refractivity contribution in [1.82, 2.24) is 9.88 Å². The third-order valence-corrected chi connectivity index (χ3v) is 7.15. The van der Waals surface area contributed by atoms with Crippen LogP contribution in [0.2, 0.25) is 0 Å². The molecule has 0 radical (unpaired) electrons. The van der Waals surface area contributed by atoms with Crippen molar-refractivity contribution in [3.8, 4) is 11.5 Å². The number of amides is 2. The Morgan fingerprint density at radius 2 is 1.71 bits per heavy atom. The number of rotatable bonds is 3. The molecule has 1 aliphatic carbocycles. The molecule has 3 heterocycles. The predicted octanol–water partition coefficient (Wildman–Crippen LogP) is 4.31. The van der Waals surface area contributed by atoms with Gasteiger partial charge in [0.05, 0.1) is 18.2 Å². The van der Waals surface area contributed by atoms with Gasteiger partial charge in [-0.2, -0.15) is 0 Å². The number of nitrogens with zero attached hydrogens (tertiary/aromatic N) is 2. The average Bonchev–Trinajstić information content (AvgIpc) is 3.57. The molecule has 3 aliphatic rings. The van der Waals surface area contributed by atoms with Crippen LogP contribution in [0, 0.1) is 5.92 Å². The first kappa shape index (κ1) is 18.6. The van der Waals surface area contributed by atoms with Crippen LogP contribution in [-0.2, 0) is 22.6 Å². The van der Waals surface area contributed by atoms with Crippen LogP contribution in [0.1, 0.15) is 40.5 Å². The van der Waals surface area contributed by atoms with E-state index in [1.165, 1.54) is 11.3 Å². The van der Waals surface area contributed by atoms with Crippen molar-refractivity contribution in [2.24, 2.45) is 5.92 Å². The molecule has 1 fully saturated rings. The number of para-hydroxylation sites is 2. The molecular formula is C24H21N3O3S. The molecule has 1 aromatic heterocycles. The molecule has 6 nitrogen and oxygen atoms in total. The van der Waals surface area contributed by atoms with Crippen molar-refractivity contribution < 1.29 is 14.3 Å². The van der Waals surface area contributed by atoms with Gasteiger partial charge in [-0.1, -0.05) is 47.7 Å². The second kappa shape index (κ2) is 7.20. The lowest BCUT2D eigenvalue weighted by Gasteiger charge is -2.33. The molecule has 2 aromatic carbocycles. The highest BCUT2D eigenvalue weighted by Crippen LogP contribution is 2.45. The maximum atomic E-state index is 13.8. The number of benzene rings is 2. The SMILES string of the molecule is O=C(Nc1nc2c(s1)CN(C(=O)C1c3ccccc3Oc3ccccc31)CC2)C1CC1. The van der Waals surface area contributed by atoms with E-state index >= 15 is 0 Å². The van der Waals surface area contributed by atoms with E-state index in [0.29, 0.717) is 24.6 Å². The molecule has 6 rings (SSSR count). The van der Waals surface area contributed by atoms with Crippen LogP contribution in [0.25, 0.3) is 0 Å². The van der Waals surface area contributed by atoms with Gasteiger partial charge in [-0.3, -0.25) is 9.59 Å². The molecule has 1 N–H and O–H groups in total. The van der Waals surface area contributed by atoms with Gasteiger partial charge in [0.1, 0.15) is 11.5 Å². The van der Waals surface area contributed by atoms with E-state index in [9.17, 15) is 9.59 Å². The van der Waals surface area contributed by atoms with Crippen LogP contribution in [-0.4, -0.2) is 28.2 Å². The highest BCUT2D eigenvalue weighted by molar-refractivity contribution is 7.15. The van der Waals surface area contributed by atoms with Gasteiger partial charge in [0.25, 0.3) is 0 Å². The minimum absolute atomic E-state index is 0.0643. The highest BCUT2D eigenvalue weighted by atomic mass is 32.1. The monoisotopic (exact) mass is 431 g/mol. The van der Waals surface area contributed by atoms with Gasteiger partial charge in [0, 0.05) is 34.9 Å². The van der Waals surface area contributed by atoms with Crippen molar-refractivity contribution in [1.29, 1.82) is 0 Å². The first-order chi connectivity index (χ1) is 15.2. The summed E-state index contributed by atoms with van der Waals surface area (Å²) in [6.07, 6.45) is 2.63. The maximum Gasteiger partial charge on any atom is 0.235 e. The lowest BCUT2D eigenvalue weighted by atomic mass is 9.86. The van der Waals surface area contributed by atoms with Crippen molar-refractivity contribution in [3.63, 3.8) is 0 Å². The molecule has 0 bridgehead atoms. The van der Waals surface area contributed by atoms with Crippen molar-refractivity contribution in [2.45, 2.75) is 31.7 Å². The molecule has 2 amide bonds. The quantitative estimate of drug-likeness (QED) is 0.671. The van der Waals surface area contributed by atoms with E-state index in [1.54, 1.807) is 0 Å². The van der Waals surface area contributed by atoms with Crippen molar-refractivity contribution >= 4 is 28.3 Å². The Hall–Kier alpha value is -3.19. The number of fused-ring (bicyclic) bond motifs is 3. The molecule has 2 aliphatic heterocycles. The van der Waals surface area contributed by atoms with Crippen LogP contribution in [0.3, 0.4) is 0 Å². The Bertz CT molecular complexity index is 1150. The number of carbonyl (C=O) groups is 2. The summed E-state index contributed by atoms with van der Waals surface area (Å²) >= 11 is 1.49. The van der Waals surface area contributed by atoms with E-state index in [-0.39, 0.29) is 23.7 Å². The van der Waals surface area contributed by atoms with Gasteiger partial charge in [-0.25, -0.2) is 4.98 Å². The highest BCUT2D eigenvalue weighted by Gasteiger charge is 2.37. The van der Waals surface area contributed by atoms with Crippen molar-refractivity contribution in [2.75, 3.05) is 11.9 Å². The molecule has 0 atom stereocenters. The average molecular weight is 432 g/mol. The summed E-state index contributed by atoms with van der Waals surface area (Å²) in [6, 6.07) is 15.5. The Morgan fingerprint density at radius 3 is 2.39 bits per heavy atom. The zero-order valence-corrected chi connectivity index (χ0v) is 17.7. The first-order valence-corrected chi connectivity index (χ1v) is 11.4. The smallest absolute Gasteiger partial charge is 0.235 e. The minimum atomic E-state index is -0.385. The third-order valence-electron chi connectivity index (χ3n) is 6.15. The molecule has 156 valence electrons.